The van der Waals surface area contributed by atoms with Gasteiger partial charge in [-0.05, 0) is 18.6 Å². The molecule has 1 fully saturated rings. The van der Waals surface area contributed by atoms with Gasteiger partial charge in [0, 0.05) is 25.0 Å². The highest BCUT2D eigenvalue weighted by Crippen LogP contribution is 2.36. The van der Waals surface area contributed by atoms with E-state index in [0.717, 1.165) is 25.3 Å². The van der Waals surface area contributed by atoms with Crippen LogP contribution in [0.15, 0.2) is 0 Å². The van der Waals surface area contributed by atoms with Crippen LogP contribution in [0.4, 0.5) is 0 Å². The summed E-state index contributed by atoms with van der Waals surface area (Å²) in [5.74, 6) is 0.750. The Morgan fingerprint density at radius 1 is 1.67 bits per heavy atom. The van der Waals surface area contributed by atoms with Crippen LogP contribution in [-0.4, -0.2) is 39.5 Å². The normalized spacial score (nSPS) is 31.0. The van der Waals surface area contributed by atoms with Crippen molar-refractivity contribution in [1.82, 2.24) is 20.2 Å². The maximum absolute atomic E-state index is 5.85. The Morgan fingerprint density at radius 3 is 2.93 bits per heavy atom. The maximum Gasteiger partial charge on any atom is 0.175 e. The summed E-state index contributed by atoms with van der Waals surface area (Å²) in [6, 6.07) is 0. The zero-order valence-corrected chi connectivity index (χ0v) is 9.18. The second kappa shape index (κ2) is 3.86. The van der Waals surface area contributed by atoms with E-state index in [1.165, 1.54) is 4.80 Å². The SMILES string of the molecule is CC1OCCC1(CN)Cc1nnn(C)n1. The van der Waals surface area contributed by atoms with Crippen molar-refractivity contribution in [3.8, 4) is 0 Å². The first-order valence-electron chi connectivity index (χ1n) is 5.21. The molecule has 1 aromatic rings. The van der Waals surface area contributed by atoms with Crippen molar-refractivity contribution >= 4 is 0 Å². The zero-order chi connectivity index (χ0) is 10.9. The molecule has 2 rings (SSSR count). The lowest BCUT2D eigenvalue weighted by Crippen LogP contribution is -2.39. The van der Waals surface area contributed by atoms with Crippen molar-refractivity contribution in [3.63, 3.8) is 0 Å². The highest BCUT2D eigenvalue weighted by molar-refractivity contribution is 4.97. The molecule has 2 heterocycles. The highest BCUT2D eigenvalue weighted by Gasteiger charge is 2.41. The molecule has 1 saturated heterocycles. The molecule has 0 radical (unpaired) electrons. The number of hydrogen-bond acceptors (Lipinski definition) is 5. The molecule has 1 aliphatic heterocycles. The van der Waals surface area contributed by atoms with Crippen LogP contribution in [0.1, 0.15) is 19.2 Å². The quantitative estimate of drug-likeness (QED) is 0.729. The van der Waals surface area contributed by atoms with Crippen LogP contribution in [0.3, 0.4) is 0 Å². The van der Waals surface area contributed by atoms with E-state index in [2.05, 4.69) is 22.3 Å². The highest BCUT2D eigenvalue weighted by atomic mass is 16.5. The Kier molecular flexibility index (Phi) is 2.70. The second-order valence-corrected chi connectivity index (χ2v) is 4.20. The van der Waals surface area contributed by atoms with Gasteiger partial charge in [0.2, 0.25) is 0 Å². The summed E-state index contributed by atoms with van der Waals surface area (Å²) in [4.78, 5) is 1.47. The van der Waals surface area contributed by atoms with Gasteiger partial charge in [0.05, 0.1) is 13.2 Å². The molecule has 0 amide bonds. The summed E-state index contributed by atoms with van der Waals surface area (Å²) in [7, 11) is 1.76. The molecular weight excluding hydrogens is 194 g/mol. The summed E-state index contributed by atoms with van der Waals surface area (Å²) in [5.41, 5.74) is 5.84. The van der Waals surface area contributed by atoms with Gasteiger partial charge in [-0.3, -0.25) is 0 Å². The first-order valence-corrected chi connectivity index (χ1v) is 5.21. The van der Waals surface area contributed by atoms with Crippen LogP contribution >= 0.6 is 0 Å². The first-order chi connectivity index (χ1) is 7.16. The van der Waals surface area contributed by atoms with E-state index < -0.39 is 0 Å². The van der Waals surface area contributed by atoms with Gasteiger partial charge < -0.3 is 10.5 Å². The number of nitrogens with two attached hydrogens (primary N) is 1. The predicted octanol–water partition coefficient (Wildman–Crippen LogP) is -0.493. The summed E-state index contributed by atoms with van der Waals surface area (Å²) in [6.07, 6.45) is 1.90. The summed E-state index contributed by atoms with van der Waals surface area (Å²) in [5, 5.41) is 12.0. The number of rotatable bonds is 3. The average molecular weight is 211 g/mol. The molecule has 6 heteroatoms. The summed E-state index contributed by atoms with van der Waals surface area (Å²) >= 11 is 0. The molecule has 0 bridgehead atoms. The van der Waals surface area contributed by atoms with Gasteiger partial charge in [-0.1, -0.05) is 0 Å². The minimum atomic E-state index is -0.0109. The Bertz CT molecular complexity index is 339. The van der Waals surface area contributed by atoms with Gasteiger partial charge in [0.15, 0.2) is 5.82 Å². The topological polar surface area (TPSA) is 78.9 Å². The van der Waals surface area contributed by atoms with Crippen molar-refractivity contribution in [2.24, 2.45) is 18.2 Å². The Balaban J connectivity index is 2.14. The average Bonchev–Trinajstić information content (AvgIpc) is 2.76. The summed E-state index contributed by atoms with van der Waals surface area (Å²) in [6.45, 7) is 3.45. The van der Waals surface area contributed by atoms with E-state index in [9.17, 15) is 0 Å². The first kappa shape index (κ1) is 10.5. The minimum absolute atomic E-state index is 0.0109. The molecule has 1 aliphatic rings. The molecule has 84 valence electrons. The van der Waals surface area contributed by atoms with Crippen LogP contribution in [0.25, 0.3) is 0 Å². The lowest BCUT2D eigenvalue weighted by molar-refractivity contribution is 0.0664. The van der Waals surface area contributed by atoms with Gasteiger partial charge in [0.1, 0.15) is 0 Å². The smallest absolute Gasteiger partial charge is 0.175 e. The van der Waals surface area contributed by atoms with E-state index in [0.29, 0.717) is 6.54 Å². The molecule has 2 unspecified atom stereocenters. The number of hydrogen-bond donors (Lipinski definition) is 1. The zero-order valence-electron chi connectivity index (χ0n) is 9.18. The third kappa shape index (κ3) is 1.87. The van der Waals surface area contributed by atoms with Gasteiger partial charge in [-0.15, -0.1) is 10.2 Å². The fourth-order valence-corrected chi connectivity index (χ4v) is 2.10. The fourth-order valence-electron chi connectivity index (χ4n) is 2.10. The second-order valence-electron chi connectivity index (χ2n) is 4.20. The molecule has 0 spiro atoms. The van der Waals surface area contributed by atoms with Crippen molar-refractivity contribution in [3.05, 3.63) is 5.82 Å². The summed E-state index contributed by atoms with van der Waals surface area (Å²) < 4.78 is 5.58. The third-order valence-electron chi connectivity index (χ3n) is 3.30. The number of aryl methyl sites for hydroxylation is 1. The van der Waals surface area contributed by atoms with Crippen molar-refractivity contribution in [2.45, 2.75) is 25.9 Å². The molecule has 15 heavy (non-hydrogen) atoms. The van der Waals surface area contributed by atoms with Crippen molar-refractivity contribution < 1.29 is 4.74 Å². The van der Waals surface area contributed by atoms with Crippen LogP contribution in [0.5, 0.6) is 0 Å². The monoisotopic (exact) mass is 211 g/mol. The number of ether oxygens (including phenoxy) is 1. The lowest BCUT2D eigenvalue weighted by Gasteiger charge is -2.29. The fraction of sp³-hybridized carbons (Fsp3) is 0.889. The van der Waals surface area contributed by atoms with Gasteiger partial charge in [-0.25, -0.2) is 0 Å². The van der Waals surface area contributed by atoms with Crippen molar-refractivity contribution in [2.75, 3.05) is 13.2 Å². The van der Waals surface area contributed by atoms with E-state index in [1.807, 2.05) is 0 Å². The lowest BCUT2D eigenvalue weighted by atomic mass is 9.78. The predicted molar refractivity (Wildman–Crippen MR) is 54.0 cm³/mol. The van der Waals surface area contributed by atoms with Gasteiger partial charge in [-0.2, -0.15) is 4.80 Å². The maximum atomic E-state index is 5.85. The van der Waals surface area contributed by atoms with Crippen LogP contribution < -0.4 is 5.73 Å². The molecule has 0 aromatic carbocycles. The number of tetrazole rings is 1. The van der Waals surface area contributed by atoms with Gasteiger partial charge in [0.25, 0.3) is 0 Å². The Morgan fingerprint density at radius 2 is 2.47 bits per heavy atom. The van der Waals surface area contributed by atoms with Crippen LogP contribution in [-0.2, 0) is 18.2 Å². The molecule has 2 N–H and O–H groups in total. The molecule has 0 saturated carbocycles. The van der Waals surface area contributed by atoms with E-state index in [4.69, 9.17) is 10.5 Å². The number of nitrogens with zero attached hydrogens (tertiary/aromatic N) is 4. The molecule has 1 aromatic heterocycles. The molecule has 0 aliphatic carbocycles. The van der Waals surface area contributed by atoms with E-state index >= 15 is 0 Å². The third-order valence-corrected chi connectivity index (χ3v) is 3.30. The standard InChI is InChI=1S/C9H17N5O/c1-7-9(6-10,3-4-15-7)5-8-11-13-14(2)12-8/h7H,3-6,10H2,1-2H3. The largest absolute Gasteiger partial charge is 0.378 e. The van der Waals surface area contributed by atoms with Gasteiger partial charge >= 0.3 is 0 Å². The van der Waals surface area contributed by atoms with E-state index in [-0.39, 0.29) is 11.5 Å². The molecule has 2 atom stereocenters. The Hall–Kier alpha value is -1.01. The minimum Gasteiger partial charge on any atom is -0.378 e. The van der Waals surface area contributed by atoms with Crippen LogP contribution in [0.2, 0.25) is 0 Å². The molecular formula is C9H17N5O. The number of aromatic nitrogens is 4. The van der Waals surface area contributed by atoms with Crippen LogP contribution in [0, 0.1) is 5.41 Å². The molecule has 6 nitrogen and oxygen atoms in total. The Labute approximate surface area is 88.8 Å². The van der Waals surface area contributed by atoms with Crippen molar-refractivity contribution in [1.29, 1.82) is 0 Å². The van der Waals surface area contributed by atoms with E-state index in [1.54, 1.807) is 7.05 Å².